The third kappa shape index (κ3) is 5.03. The van der Waals surface area contributed by atoms with E-state index < -0.39 is 29.8 Å². The fourth-order valence-corrected chi connectivity index (χ4v) is 4.72. The van der Waals surface area contributed by atoms with Crippen molar-refractivity contribution in [3.8, 4) is 0 Å². The zero-order chi connectivity index (χ0) is 23.5. The maximum absolute atomic E-state index is 13.9. The Morgan fingerprint density at radius 3 is 2.36 bits per heavy atom. The summed E-state index contributed by atoms with van der Waals surface area (Å²) >= 11 is 0. The number of hydrogen-bond acceptors (Lipinski definition) is 5. The summed E-state index contributed by atoms with van der Waals surface area (Å²) in [6.45, 7) is 3.30. The lowest BCUT2D eigenvalue weighted by Crippen LogP contribution is -2.45. The predicted octanol–water partition coefficient (Wildman–Crippen LogP) is 4.49. The summed E-state index contributed by atoms with van der Waals surface area (Å²) < 4.78 is 33.3. The number of nitrogens with zero attached hydrogens (tertiary/aromatic N) is 2. The van der Waals surface area contributed by atoms with Gasteiger partial charge in [0, 0.05) is 37.7 Å². The standard InChI is InChI=1S/C26H30F2N2O3/c1-20-29(14-15-30(20)19-21-8-4-2-5-9-21)16-17-33-24(31)26(32,22-10-6-3-7-11-22)23-12-13-25(27,28)18-23/h2-11,14-15,20,23,32H,12-13,16-19H2,1H3/t20?,23-,26+/m1/s1. The highest BCUT2D eigenvalue weighted by atomic mass is 19.3. The molecule has 5 nitrogen and oxygen atoms in total. The summed E-state index contributed by atoms with van der Waals surface area (Å²) in [4.78, 5) is 17.3. The van der Waals surface area contributed by atoms with Crippen molar-refractivity contribution >= 4 is 5.97 Å². The molecule has 2 aliphatic rings. The monoisotopic (exact) mass is 456 g/mol. The molecule has 0 amide bonds. The topological polar surface area (TPSA) is 53.0 Å². The number of ether oxygens (including phenoxy) is 1. The van der Waals surface area contributed by atoms with E-state index in [9.17, 15) is 18.7 Å². The quantitative estimate of drug-likeness (QED) is 0.594. The van der Waals surface area contributed by atoms with Gasteiger partial charge in [-0.25, -0.2) is 13.6 Å². The summed E-state index contributed by atoms with van der Waals surface area (Å²) in [5.74, 6) is -4.64. The molecular formula is C26H30F2N2O3. The van der Waals surface area contributed by atoms with Crippen molar-refractivity contribution in [2.24, 2.45) is 5.92 Å². The van der Waals surface area contributed by atoms with Crippen LogP contribution in [0, 0.1) is 5.92 Å². The molecule has 0 radical (unpaired) electrons. The molecular weight excluding hydrogens is 426 g/mol. The molecule has 1 aliphatic carbocycles. The minimum Gasteiger partial charge on any atom is -0.461 e. The molecule has 1 aliphatic heterocycles. The second-order valence-electron chi connectivity index (χ2n) is 8.89. The molecule has 0 bridgehead atoms. The molecule has 7 heteroatoms. The molecule has 4 rings (SSSR count). The number of carbonyl (C=O) groups is 1. The number of alkyl halides is 2. The SMILES string of the molecule is CC1N(CCOC(=O)[C@](O)(c2ccccc2)[C@@H]2CCC(F)(F)C2)C=CN1Cc1ccccc1. The van der Waals surface area contributed by atoms with Crippen LogP contribution in [-0.4, -0.2) is 46.1 Å². The lowest BCUT2D eigenvalue weighted by atomic mass is 9.80. The van der Waals surface area contributed by atoms with Crippen LogP contribution in [0.3, 0.4) is 0 Å². The second-order valence-corrected chi connectivity index (χ2v) is 8.89. The van der Waals surface area contributed by atoms with E-state index in [4.69, 9.17) is 4.74 Å². The van der Waals surface area contributed by atoms with Gasteiger partial charge in [0.15, 0.2) is 5.60 Å². The number of benzene rings is 2. The van der Waals surface area contributed by atoms with Gasteiger partial charge in [-0.3, -0.25) is 0 Å². The number of aliphatic hydroxyl groups is 1. The van der Waals surface area contributed by atoms with E-state index in [1.807, 2.05) is 35.5 Å². The Labute approximate surface area is 193 Å². The number of rotatable bonds is 8. The summed E-state index contributed by atoms with van der Waals surface area (Å²) in [5, 5.41) is 11.4. The van der Waals surface area contributed by atoms with Crippen molar-refractivity contribution in [1.29, 1.82) is 0 Å². The molecule has 1 fully saturated rings. The van der Waals surface area contributed by atoms with Gasteiger partial charge in [-0.1, -0.05) is 60.7 Å². The van der Waals surface area contributed by atoms with Crippen LogP contribution in [-0.2, 0) is 21.7 Å². The number of carbonyl (C=O) groups excluding carboxylic acids is 1. The van der Waals surface area contributed by atoms with Crippen LogP contribution in [0.25, 0.3) is 0 Å². The van der Waals surface area contributed by atoms with Crippen molar-refractivity contribution in [1.82, 2.24) is 9.80 Å². The minimum atomic E-state index is -2.88. The van der Waals surface area contributed by atoms with Crippen LogP contribution >= 0.6 is 0 Å². The van der Waals surface area contributed by atoms with Crippen molar-refractivity contribution in [2.45, 2.75) is 50.4 Å². The third-order valence-corrected chi connectivity index (χ3v) is 6.72. The van der Waals surface area contributed by atoms with E-state index in [-0.39, 0.29) is 25.6 Å². The molecule has 1 unspecified atom stereocenters. The van der Waals surface area contributed by atoms with Crippen molar-refractivity contribution in [3.05, 3.63) is 84.2 Å². The van der Waals surface area contributed by atoms with Crippen LogP contribution in [0.15, 0.2) is 73.1 Å². The first-order valence-electron chi connectivity index (χ1n) is 11.4. The molecule has 1 saturated carbocycles. The average molecular weight is 457 g/mol. The Kier molecular flexibility index (Phi) is 6.70. The fraction of sp³-hybridized carbons (Fsp3) is 0.423. The van der Waals surface area contributed by atoms with E-state index in [1.54, 1.807) is 30.3 Å². The van der Waals surface area contributed by atoms with Gasteiger partial charge in [-0.05, 0) is 24.5 Å². The molecule has 1 heterocycles. The maximum Gasteiger partial charge on any atom is 0.343 e. The van der Waals surface area contributed by atoms with Gasteiger partial charge in [0.1, 0.15) is 6.61 Å². The van der Waals surface area contributed by atoms with E-state index in [1.165, 1.54) is 5.56 Å². The number of halogens is 2. The summed E-state index contributed by atoms with van der Waals surface area (Å²) in [6, 6.07) is 18.4. The molecule has 33 heavy (non-hydrogen) atoms. The summed E-state index contributed by atoms with van der Waals surface area (Å²) in [7, 11) is 0. The maximum atomic E-state index is 13.9. The van der Waals surface area contributed by atoms with Crippen molar-refractivity contribution in [2.75, 3.05) is 13.2 Å². The molecule has 0 aromatic heterocycles. The van der Waals surface area contributed by atoms with Crippen LogP contribution in [0.1, 0.15) is 37.3 Å². The second kappa shape index (κ2) is 9.51. The molecule has 1 N–H and O–H groups in total. The van der Waals surface area contributed by atoms with Crippen molar-refractivity contribution < 1.29 is 23.4 Å². The smallest absolute Gasteiger partial charge is 0.343 e. The minimum absolute atomic E-state index is 0.0466. The molecule has 0 saturated heterocycles. The van der Waals surface area contributed by atoms with Gasteiger partial charge in [-0.15, -0.1) is 0 Å². The molecule has 0 spiro atoms. The Morgan fingerprint density at radius 1 is 1.09 bits per heavy atom. The summed E-state index contributed by atoms with van der Waals surface area (Å²) in [6.07, 6.45) is 3.21. The van der Waals surface area contributed by atoms with E-state index in [2.05, 4.69) is 24.0 Å². The lowest BCUT2D eigenvalue weighted by molar-refractivity contribution is -0.175. The fourth-order valence-electron chi connectivity index (χ4n) is 4.72. The first-order chi connectivity index (χ1) is 15.8. The largest absolute Gasteiger partial charge is 0.461 e. The van der Waals surface area contributed by atoms with Crippen LogP contribution in [0.5, 0.6) is 0 Å². The molecule has 2 aromatic rings. The zero-order valence-electron chi connectivity index (χ0n) is 18.7. The van der Waals surface area contributed by atoms with E-state index in [0.717, 1.165) is 6.54 Å². The Balaban J connectivity index is 1.37. The highest BCUT2D eigenvalue weighted by Crippen LogP contribution is 2.47. The zero-order valence-corrected chi connectivity index (χ0v) is 18.7. The van der Waals surface area contributed by atoms with Gasteiger partial charge in [0.2, 0.25) is 5.92 Å². The van der Waals surface area contributed by atoms with Crippen molar-refractivity contribution in [3.63, 3.8) is 0 Å². The van der Waals surface area contributed by atoms with Gasteiger partial charge in [0.25, 0.3) is 0 Å². The third-order valence-electron chi connectivity index (χ3n) is 6.72. The highest BCUT2D eigenvalue weighted by Gasteiger charge is 2.54. The highest BCUT2D eigenvalue weighted by molar-refractivity contribution is 5.81. The first kappa shape index (κ1) is 23.2. The van der Waals surface area contributed by atoms with Crippen LogP contribution in [0.2, 0.25) is 0 Å². The van der Waals surface area contributed by atoms with Gasteiger partial charge in [-0.2, -0.15) is 0 Å². The normalized spacial score (nSPS) is 23.5. The first-order valence-corrected chi connectivity index (χ1v) is 11.4. The Morgan fingerprint density at radius 2 is 1.73 bits per heavy atom. The van der Waals surface area contributed by atoms with Gasteiger partial charge < -0.3 is 19.6 Å². The Hall–Kier alpha value is -2.93. The van der Waals surface area contributed by atoms with Crippen LogP contribution in [0.4, 0.5) is 8.78 Å². The van der Waals surface area contributed by atoms with Gasteiger partial charge >= 0.3 is 5.97 Å². The predicted molar refractivity (Wildman–Crippen MR) is 121 cm³/mol. The van der Waals surface area contributed by atoms with Crippen LogP contribution < -0.4 is 0 Å². The average Bonchev–Trinajstić information content (AvgIpc) is 3.36. The summed E-state index contributed by atoms with van der Waals surface area (Å²) in [5.41, 5.74) is -0.600. The lowest BCUT2D eigenvalue weighted by Gasteiger charge is -2.33. The van der Waals surface area contributed by atoms with E-state index in [0.29, 0.717) is 12.1 Å². The Bertz CT molecular complexity index is 970. The van der Waals surface area contributed by atoms with Gasteiger partial charge in [0.05, 0.1) is 12.7 Å². The number of hydrogen-bond donors (Lipinski definition) is 1. The molecule has 3 atom stereocenters. The molecule has 176 valence electrons. The van der Waals surface area contributed by atoms with E-state index >= 15 is 0 Å². The number of esters is 1. The molecule has 2 aromatic carbocycles.